The molecule has 132 valence electrons. The summed E-state index contributed by atoms with van der Waals surface area (Å²) >= 11 is 0. The first-order chi connectivity index (χ1) is 12.2. The number of esters is 1. The molecule has 0 N–H and O–H groups in total. The van der Waals surface area contributed by atoms with Crippen LogP contribution in [0.2, 0.25) is 0 Å². The lowest BCUT2D eigenvalue weighted by Crippen LogP contribution is -2.31. The standard InChI is InChI=1S/C22H27NO2/c1-3-25-21(24)22(19-12-8-5-9-13-19)16-20(22)17-23(2)15-14-18-10-6-4-7-11-18/h4-13,20H,3,14-17H2,1-2H3/t20?,22-/m1/s1. The second-order valence-corrected chi connectivity index (χ2v) is 6.96. The Kier molecular flexibility index (Phi) is 5.54. The molecule has 1 unspecified atom stereocenters. The first-order valence-corrected chi connectivity index (χ1v) is 9.12. The van der Waals surface area contributed by atoms with Crippen molar-refractivity contribution in [2.45, 2.75) is 25.2 Å². The number of likely N-dealkylation sites (N-methyl/N-ethyl adjacent to an activating group) is 1. The largest absolute Gasteiger partial charge is 0.465 e. The third kappa shape index (κ3) is 3.93. The minimum absolute atomic E-state index is 0.0670. The van der Waals surface area contributed by atoms with Crippen molar-refractivity contribution >= 4 is 5.97 Å². The molecule has 25 heavy (non-hydrogen) atoms. The molecule has 0 heterocycles. The van der Waals surface area contributed by atoms with E-state index in [1.807, 2.05) is 31.2 Å². The molecule has 2 aromatic rings. The van der Waals surface area contributed by atoms with E-state index in [0.29, 0.717) is 12.5 Å². The summed E-state index contributed by atoms with van der Waals surface area (Å²) in [4.78, 5) is 15.0. The first kappa shape index (κ1) is 17.7. The van der Waals surface area contributed by atoms with Gasteiger partial charge in [-0.1, -0.05) is 60.7 Å². The van der Waals surface area contributed by atoms with Gasteiger partial charge in [0, 0.05) is 13.1 Å². The van der Waals surface area contributed by atoms with Crippen molar-refractivity contribution in [3.05, 3.63) is 71.8 Å². The van der Waals surface area contributed by atoms with Gasteiger partial charge >= 0.3 is 5.97 Å². The highest BCUT2D eigenvalue weighted by molar-refractivity contribution is 5.87. The molecule has 2 atom stereocenters. The van der Waals surface area contributed by atoms with Crippen LogP contribution in [0.25, 0.3) is 0 Å². The van der Waals surface area contributed by atoms with E-state index in [1.54, 1.807) is 0 Å². The molecule has 0 radical (unpaired) electrons. The van der Waals surface area contributed by atoms with E-state index >= 15 is 0 Å². The molecule has 0 aliphatic heterocycles. The van der Waals surface area contributed by atoms with Crippen molar-refractivity contribution in [2.75, 3.05) is 26.7 Å². The lowest BCUT2D eigenvalue weighted by molar-refractivity contribution is -0.146. The highest BCUT2D eigenvalue weighted by Gasteiger charge is 2.62. The van der Waals surface area contributed by atoms with Crippen molar-refractivity contribution in [3.8, 4) is 0 Å². The second-order valence-electron chi connectivity index (χ2n) is 6.96. The van der Waals surface area contributed by atoms with Gasteiger partial charge in [0.2, 0.25) is 0 Å². The predicted molar refractivity (Wildman–Crippen MR) is 101 cm³/mol. The molecule has 3 rings (SSSR count). The van der Waals surface area contributed by atoms with Crippen molar-refractivity contribution < 1.29 is 9.53 Å². The molecule has 0 saturated heterocycles. The molecule has 2 aromatic carbocycles. The molecule has 1 saturated carbocycles. The van der Waals surface area contributed by atoms with Gasteiger partial charge in [-0.3, -0.25) is 4.79 Å². The van der Waals surface area contributed by atoms with Crippen LogP contribution in [-0.2, 0) is 21.4 Å². The summed E-state index contributed by atoms with van der Waals surface area (Å²) < 4.78 is 5.41. The van der Waals surface area contributed by atoms with Crippen LogP contribution in [0.1, 0.15) is 24.5 Å². The van der Waals surface area contributed by atoms with Gasteiger partial charge < -0.3 is 9.64 Å². The average molecular weight is 337 g/mol. The molecule has 3 heteroatoms. The van der Waals surface area contributed by atoms with E-state index in [9.17, 15) is 4.79 Å². The SMILES string of the molecule is CCOC(=O)[C@@]1(c2ccccc2)CC1CN(C)CCc1ccccc1. The number of carbonyl (C=O) groups excluding carboxylic acids is 1. The normalized spacial score (nSPS) is 22.0. The molecular weight excluding hydrogens is 310 g/mol. The van der Waals surface area contributed by atoms with Crippen LogP contribution in [0.3, 0.4) is 0 Å². The van der Waals surface area contributed by atoms with Gasteiger partial charge in [-0.25, -0.2) is 0 Å². The van der Waals surface area contributed by atoms with Crippen LogP contribution in [0.4, 0.5) is 0 Å². The van der Waals surface area contributed by atoms with Gasteiger partial charge in [0.15, 0.2) is 0 Å². The van der Waals surface area contributed by atoms with Crippen molar-refractivity contribution in [2.24, 2.45) is 5.92 Å². The highest BCUT2D eigenvalue weighted by atomic mass is 16.5. The van der Waals surface area contributed by atoms with E-state index in [2.05, 4.69) is 48.3 Å². The predicted octanol–water partition coefficient (Wildman–Crippen LogP) is 3.68. The first-order valence-electron chi connectivity index (χ1n) is 9.12. The monoisotopic (exact) mass is 337 g/mol. The maximum Gasteiger partial charge on any atom is 0.316 e. The summed E-state index contributed by atoms with van der Waals surface area (Å²) in [5, 5.41) is 0. The average Bonchev–Trinajstić information content (AvgIpc) is 3.37. The van der Waals surface area contributed by atoms with Crippen LogP contribution in [0.5, 0.6) is 0 Å². The van der Waals surface area contributed by atoms with Crippen LogP contribution in [-0.4, -0.2) is 37.6 Å². The molecule has 0 aromatic heterocycles. The topological polar surface area (TPSA) is 29.5 Å². The number of carbonyl (C=O) groups is 1. The van der Waals surface area contributed by atoms with Crippen molar-refractivity contribution in [3.63, 3.8) is 0 Å². The fourth-order valence-corrected chi connectivity index (χ4v) is 3.70. The van der Waals surface area contributed by atoms with E-state index in [4.69, 9.17) is 4.74 Å². The molecule has 0 amide bonds. The zero-order valence-corrected chi connectivity index (χ0v) is 15.2. The highest BCUT2D eigenvalue weighted by Crippen LogP contribution is 2.55. The maximum atomic E-state index is 12.7. The Morgan fingerprint density at radius 3 is 2.40 bits per heavy atom. The lowest BCUT2D eigenvalue weighted by atomic mass is 9.93. The van der Waals surface area contributed by atoms with Gasteiger partial charge in [0.05, 0.1) is 12.0 Å². The summed E-state index contributed by atoms with van der Waals surface area (Å²) in [5.41, 5.74) is 2.00. The summed E-state index contributed by atoms with van der Waals surface area (Å²) in [5.74, 6) is 0.261. The Morgan fingerprint density at radius 1 is 1.12 bits per heavy atom. The van der Waals surface area contributed by atoms with E-state index < -0.39 is 5.41 Å². The van der Waals surface area contributed by atoms with Crippen LogP contribution >= 0.6 is 0 Å². The summed E-state index contributed by atoms with van der Waals surface area (Å²) in [6, 6.07) is 20.7. The minimum Gasteiger partial charge on any atom is -0.465 e. The summed E-state index contributed by atoms with van der Waals surface area (Å²) in [6.45, 7) is 4.22. The van der Waals surface area contributed by atoms with Gasteiger partial charge in [0.1, 0.15) is 0 Å². The third-order valence-corrected chi connectivity index (χ3v) is 5.19. The number of benzene rings is 2. The van der Waals surface area contributed by atoms with E-state index in [1.165, 1.54) is 5.56 Å². The zero-order chi connectivity index (χ0) is 17.7. The summed E-state index contributed by atoms with van der Waals surface area (Å²) in [6.07, 6.45) is 1.91. The minimum atomic E-state index is -0.446. The lowest BCUT2D eigenvalue weighted by Gasteiger charge is -2.21. The fourth-order valence-electron chi connectivity index (χ4n) is 3.70. The second kappa shape index (κ2) is 7.83. The van der Waals surface area contributed by atoms with Crippen molar-refractivity contribution in [1.29, 1.82) is 0 Å². The molecule has 1 fully saturated rings. The quantitative estimate of drug-likeness (QED) is 0.688. The smallest absolute Gasteiger partial charge is 0.316 e. The Hall–Kier alpha value is -2.13. The number of ether oxygens (including phenoxy) is 1. The number of rotatable bonds is 8. The van der Waals surface area contributed by atoms with Crippen LogP contribution in [0, 0.1) is 5.92 Å². The summed E-state index contributed by atoms with van der Waals surface area (Å²) in [7, 11) is 2.14. The number of hydrogen-bond donors (Lipinski definition) is 0. The fraction of sp³-hybridized carbons (Fsp3) is 0.409. The Morgan fingerprint density at radius 2 is 1.76 bits per heavy atom. The maximum absolute atomic E-state index is 12.7. The molecule has 3 nitrogen and oxygen atoms in total. The Bertz CT molecular complexity index is 686. The van der Waals surface area contributed by atoms with Gasteiger partial charge in [-0.2, -0.15) is 0 Å². The van der Waals surface area contributed by atoms with E-state index in [0.717, 1.165) is 31.5 Å². The molecular formula is C22H27NO2. The molecule has 0 bridgehead atoms. The Balaban J connectivity index is 1.63. The molecule has 0 spiro atoms. The Labute approximate surface area is 150 Å². The number of nitrogens with zero attached hydrogens (tertiary/aromatic N) is 1. The van der Waals surface area contributed by atoms with Crippen LogP contribution < -0.4 is 0 Å². The molecule has 1 aliphatic carbocycles. The van der Waals surface area contributed by atoms with Gasteiger partial charge in [-0.05, 0) is 43.9 Å². The van der Waals surface area contributed by atoms with Crippen LogP contribution in [0.15, 0.2) is 60.7 Å². The third-order valence-electron chi connectivity index (χ3n) is 5.19. The van der Waals surface area contributed by atoms with E-state index in [-0.39, 0.29) is 5.97 Å². The number of hydrogen-bond acceptors (Lipinski definition) is 3. The zero-order valence-electron chi connectivity index (χ0n) is 15.2. The van der Waals surface area contributed by atoms with Gasteiger partial charge in [-0.15, -0.1) is 0 Å². The van der Waals surface area contributed by atoms with Crippen molar-refractivity contribution in [1.82, 2.24) is 4.90 Å². The molecule has 1 aliphatic rings. The van der Waals surface area contributed by atoms with Gasteiger partial charge in [0.25, 0.3) is 0 Å².